The molecule has 0 saturated carbocycles. The Hall–Kier alpha value is -2.06. The lowest BCUT2D eigenvalue weighted by atomic mass is 9.94. The summed E-state index contributed by atoms with van der Waals surface area (Å²) in [5.74, 6) is 5.25. The number of pyridine rings is 1. The number of aromatic nitrogens is 2. The molecule has 19 heavy (non-hydrogen) atoms. The third kappa shape index (κ3) is 2.54. The molecule has 1 aliphatic rings. The third-order valence-electron chi connectivity index (χ3n) is 2.87. The average Bonchev–Trinajstić information content (AvgIpc) is 2.82. The zero-order chi connectivity index (χ0) is 13.2. The summed E-state index contributed by atoms with van der Waals surface area (Å²) in [6.45, 7) is 0. The van der Waals surface area contributed by atoms with E-state index in [0.29, 0.717) is 22.7 Å². The molecule has 0 unspecified atom stereocenters. The Morgan fingerprint density at radius 1 is 1.21 bits per heavy atom. The van der Waals surface area contributed by atoms with Crippen molar-refractivity contribution in [2.24, 2.45) is 0 Å². The highest BCUT2D eigenvalue weighted by Crippen LogP contribution is 2.19. The lowest BCUT2D eigenvalue weighted by Crippen LogP contribution is -2.12. The lowest BCUT2D eigenvalue weighted by molar-refractivity contribution is 0.0971. The smallest absolute Gasteiger partial charge is 0.224 e. The van der Waals surface area contributed by atoms with Gasteiger partial charge < -0.3 is 0 Å². The van der Waals surface area contributed by atoms with Gasteiger partial charge >= 0.3 is 0 Å². The van der Waals surface area contributed by atoms with Gasteiger partial charge in [0.1, 0.15) is 5.69 Å². The number of thiazole rings is 1. The Bertz CT molecular complexity index is 712. The fourth-order valence-electron chi connectivity index (χ4n) is 2.00. The SMILES string of the molecule is O=C1CCCc2nc(C#Cc3nc(F)cs3)ccc21. The molecule has 0 radical (unpaired) electrons. The van der Waals surface area contributed by atoms with Crippen molar-refractivity contribution in [1.82, 2.24) is 9.97 Å². The number of carbonyl (C=O) groups excluding carboxylic acids is 1. The van der Waals surface area contributed by atoms with Gasteiger partial charge in [0.15, 0.2) is 10.8 Å². The van der Waals surface area contributed by atoms with E-state index in [4.69, 9.17) is 0 Å². The summed E-state index contributed by atoms with van der Waals surface area (Å²) in [5, 5.41) is 1.73. The van der Waals surface area contributed by atoms with Crippen molar-refractivity contribution >= 4 is 17.1 Å². The topological polar surface area (TPSA) is 42.9 Å². The average molecular weight is 272 g/mol. The van der Waals surface area contributed by atoms with Crippen LogP contribution < -0.4 is 0 Å². The van der Waals surface area contributed by atoms with Crippen molar-refractivity contribution in [1.29, 1.82) is 0 Å². The zero-order valence-corrected chi connectivity index (χ0v) is 10.8. The van der Waals surface area contributed by atoms with Crippen LogP contribution in [0.4, 0.5) is 4.39 Å². The number of carbonyl (C=O) groups is 1. The highest BCUT2D eigenvalue weighted by Gasteiger charge is 2.17. The molecule has 0 aliphatic heterocycles. The normalized spacial score (nSPS) is 13.6. The van der Waals surface area contributed by atoms with E-state index < -0.39 is 5.95 Å². The van der Waals surface area contributed by atoms with Crippen LogP contribution in [0.25, 0.3) is 0 Å². The molecule has 2 aromatic rings. The van der Waals surface area contributed by atoms with Gasteiger partial charge in [-0.25, -0.2) is 4.98 Å². The minimum absolute atomic E-state index is 0.148. The minimum atomic E-state index is -0.515. The summed E-state index contributed by atoms with van der Waals surface area (Å²) in [4.78, 5) is 19.6. The molecule has 2 heterocycles. The molecule has 0 fully saturated rings. The molecule has 0 spiro atoms. The van der Waals surface area contributed by atoms with Crippen LogP contribution >= 0.6 is 11.3 Å². The summed E-state index contributed by atoms with van der Waals surface area (Å²) in [6.07, 6.45) is 2.24. The number of rotatable bonds is 0. The summed E-state index contributed by atoms with van der Waals surface area (Å²) in [7, 11) is 0. The van der Waals surface area contributed by atoms with Crippen molar-refractivity contribution in [3.8, 4) is 11.8 Å². The highest BCUT2D eigenvalue weighted by atomic mass is 32.1. The van der Waals surface area contributed by atoms with E-state index in [1.54, 1.807) is 12.1 Å². The largest absolute Gasteiger partial charge is 0.294 e. The van der Waals surface area contributed by atoms with Gasteiger partial charge in [0.05, 0.1) is 5.69 Å². The monoisotopic (exact) mass is 272 g/mol. The van der Waals surface area contributed by atoms with Gasteiger partial charge in [0.25, 0.3) is 0 Å². The van der Waals surface area contributed by atoms with Gasteiger partial charge in [-0.1, -0.05) is 0 Å². The standard InChI is InChI=1S/C14H9FN2OS/c15-13-8-19-14(17-13)7-5-9-4-6-10-11(16-9)2-1-3-12(10)18/h4,6,8H,1-3H2. The van der Waals surface area contributed by atoms with E-state index in [2.05, 4.69) is 21.8 Å². The van der Waals surface area contributed by atoms with Crippen LogP contribution in [0.15, 0.2) is 17.5 Å². The number of aryl methyl sites for hydroxylation is 1. The Balaban J connectivity index is 1.91. The zero-order valence-electron chi connectivity index (χ0n) is 9.94. The van der Waals surface area contributed by atoms with Crippen LogP contribution in [0.2, 0.25) is 0 Å². The number of ketones is 1. The molecule has 0 atom stereocenters. The molecular weight excluding hydrogens is 263 g/mol. The highest BCUT2D eigenvalue weighted by molar-refractivity contribution is 7.10. The van der Waals surface area contributed by atoms with E-state index in [1.807, 2.05) is 0 Å². The van der Waals surface area contributed by atoms with Gasteiger partial charge in [-0.2, -0.15) is 9.37 Å². The molecule has 0 aromatic carbocycles. The molecule has 2 aromatic heterocycles. The Morgan fingerprint density at radius 3 is 2.89 bits per heavy atom. The number of fused-ring (bicyclic) bond motifs is 1. The third-order valence-corrected chi connectivity index (χ3v) is 3.59. The summed E-state index contributed by atoms with van der Waals surface area (Å²) < 4.78 is 12.7. The quantitative estimate of drug-likeness (QED) is 0.692. The second kappa shape index (κ2) is 4.90. The van der Waals surface area contributed by atoms with Crippen LogP contribution in [-0.4, -0.2) is 15.8 Å². The second-order valence-corrected chi connectivity index (χ2v) is 5.05. The first-order chi connectivity index (χ1) is 9.22. The summed E-state index contributed by atoms with van der Waals surface area (Å²) >= 11 is 1.16. The van der Waals surface area contributed by atoms with Gasteiger partial charge in [-0.15, -0.1) is 11.3 Å². The molecule has 5 heteroatoms. The van der Waals surface area contributed by atoms with Crippen molar-refractivity contribution in [2.45, 2.75) is 19.3 Å². The van der Waals surface area contributed by atoms with Crippen LogP contribution in [-0.2, 0) is 6.42 Å². The van der Waals surface area contributed by atoms with Gasteiger partial charge in [-0.3, -0.25) is 4.79 Å². The van der Waals surface area contributed by atoms with E-state index >= 15 is 0 Å². The Kier molecular flexibility index (Phi) is 3.10. The molecule has 3 nitrogen and oxygen atoms in total. The maximum absolute atomic E-state index is 12.7. The Labute approximate surface area is 113 Å². The Morgan fingerprint density at radius 2 is 2.11 bits per heavy atom. The van der Waals surface area contributed by atoms with Crippen LogP contribution in [0.5, 0.6) is 0 Å². The fourth-order valence-corrected chi connectivity index (χ4v) is 2.51. The van der Waals surface area contributed by atoms with Crippen molar-refractivity contribution in [3.63, 3.8) is 0 Å². The number of Topliss-reactive ketones (excluding diaryl/α,β-unsaturated/α-hetero) is 1. The minimum Gasteiger partial charge on any atom is -0.294 e. The lowest BCUT2D eigenvalue weighted by Gasteiger charge is -2.12. The van der Waals surface area contributed by atoms with Crippen molar-refractivity contribution in [3.05, 3.63) is 45.4 Å². The van der Waals surface area contributed by atoms with Crippen molar-refractivity contribution in [2.75, 3.05) is 0 Å². The van der Waals surface area contributed by atoms with Gasteiger partial charge in [0.2, 0.25) is 5.95 Å². The summed E-state index contributed by atoms with van der Waals surface area (Å²) in [6, 6.07) is 3.50. The van der Waals surface area contributed by atoms with Crippen LogP contribution in [0.1, 0.15) is 39.6 Å². The summed E-state index contributed by atoms with van der Waals surface area (Å²) in [5.41, 5.74) is 2.11. The van der Waals surface area contributed by atoms with E-state index in [0.717, 1.165) is 29.9 Å². The van der Waals surface area contributed by atoms with E-state index in [1.165, 1.54) is 5.38 Å². The first-order valence-electron chi connectivity index (χ1n) is 5.88. The van der Waals surface area contributed by atoms with E-state index in [-0.39, 0.29) is 5.78 Å². The molecular formula is C14H9FN2OS. The van der Waals surface area contributed by atoms with Crippen LogP contribution in [0.3, 0.4) is 0 Å². The van der Waals surface area contributed by atoms with Crippen molar-refractivity contribution < 1.29 is 9.18 Å². The number of halogens is 1. The van der Waals surface area contributed by atoms with E-state index in [9.17, 15) is 9.18 Å². The second-order valence-electron chi connectivity index (χ2n) is 4.19. The van der Waals surface area contributed by atoms with Gasteiger partial charge in [-0.05, 0) is 36.8 Å². The first-order valence-corrected chi connectivity index (χ1v) is 6.76. The first kappa shape index (κ1) is 12.0. The molecule has 3 rings (SSSR count). The molecule has 1 aliphatic carbocycles. The number of nitrogens with zero attached hydrogens (tertiary/aromatic N) is 2. The predicted octanol–water partition coefficient (Wildman–Crippen LogP) is 2.60. The number of hydrogen-bond acceptors (Lipinski definition) is 4. The molecule has 94 valence electrons. The molecule has 0 bridgehead atoms. The number of hydrogen-bond donors (Lipinski definition) is 0. The maximum atomic E-state index is 12.7. The molecule has 0 amide bonds. The molecule has 0 saturated heterocycles. The maximum Gasteiger partial charge on any atom is 0.224 e. The fraction of sp³-hybridized carbons (Fsp3) is 0.214. The van der Waals surface area contributed by atoms with Crippen LogP contribution in [0, 0.1) is 17.8 Å². The molecule has 0 N–H and O–H groups in total. The predicted molar refractivity (Wildman–Crippen MR) is 69.6 cm³/mol. The van der Waals surface area contributed by atoms with Gasteiger partial charge in [0, 0.05) is 17.4 Å².